The molecule has 1 atom stereocenters. The molecule has 10 nitrogen and oxygen atoms in total. The third-order valence-electron chi connectivity index (χ3n) is 5.30. The van der Waals surface area contributed by atoms with Crippen LogP contribution in [0.15, 0.2) is 40.9 Å². The molecular weight excluding hydrogens is 458 g/mol. The van der Waals surface area contributed by atoms with Crippen molar-refractivity contribution in [2.45, 2.75) is 38.8 Å². The molecule has 176 valence electrons. The Morgan fingerprint density at radius 1 is 1.35 bits per heavy atom. The molecule has 0 saturated heterocycles. The van der Waals surface area contributed by atoms with Gasteiger partial charge in [0.15, 0.2) is 0 Å². The first-order valence-electron chi connectivity index (χ1n) is 10.6. The SMILES string of the molecule is CC(C)Oc1ccc(-c2nc(-c3cccc4c3CC[C@H]4NS(=O)(=O)CC(N)=O)no2)cc1C#N. The van der Waals surface area contributed by atoms with Gasteiger partial charge in [-0.3, -0.25) is 4.79 Å². The van der Waals surface area contributed by atoms with Crippen LogP contribution in [0.4, 0.5) is 0 Å². The molecule has 34 heavy (non-hydrogen) atoms. The van der Waals surface area contributed by atoms with Crippen LogP contribution in [0.5, 0.6) is 5.75 Å². The standard InChI is InChI=1S/C23H23N5O5S/c1-13(2)32-20-9-6-14(10-15(20)11-24)23-26-22(27-33-23)18-5-3-4-17-16(18)7-8-19(17)28-34(30,31)12-21(25)29/h3-6,9-10,13,19,28H,7-8,12H2,1-2H3,(H2,25,29)/t19-/m1/s1. The summed E-state index contributed by atoms with van der Waals surface area (Å²) in [5.41, 5.74) is 8.39. The number of hydrogen-bond donors (Lipinski definition) is 2. The van der Waals surface area contributed by atoms with Gasteiger partial charge in [-0.25, -0.2) is 13.1 Å². The summed E-state index contributed by atoms with van der Waals surface area (Å²) in [6, 6.07) is 12.2. The summed E-state index contributed by atoms with van der Waals surface area (Å²) in [6.45, 7) is 3.76. The highest BCUT2D eigenvalue weighted by Gasteiger charge is 2.30. The van der Waals surface area contributed by atoms with Gasteiger partial charge in [0.2, 0.25) is 21.8 Å². The molecule has 1 aromatic heterocycles. The number of sulfonamides is 1. The Balaban J connectivity index is 1.62. The van der Waals surface area contributed by atoms with Gasteiger partial charge in [0.05, 0.1) is 11.7 Å². The Bertz CT molecular complexity index is 1390. The average Bonchev–Trinajstić information content (AvgIpc) is 3.40. The summed E-state index contributed by atoms with van der Waals surface area (Å²) in [5.74, 6) is -0.599. The Labute approximate surface area is 196 Å². The zero-order chi connectivity index (χ0) is 24.5. The fourth-order valence-electron chi connectivity index (χ4n) is 3.99. The van der Waals surface area contributed by atoms with Gasteiger partial charge in [-0.1, -0.05) is 23.4 Å². The minimum atomic E-state index is -3.85. The van der Waals surface area contributed by atoms with Crippen LogP contribution in [-0.4, -0.2) is 36.3 Å². The number of nitrogens with one attached hydrogen (secondary N) is 1. The van der Waals surface area contributed by atoms with Gasteiger partial charge in [0.1, 0.15) is 17.6 Å². The first-order chi connectivity index (χ1) is 16.2. The molecule has 0 unspecified atom stereocenters. The largest absolute Gasteiger partial charge is 0.490 e. The maximum absolute atomic E-state index is 12.2. The second-order valence-electron chi connectivity index (χ2n) is 8.22. The van der Waals surface area contributed by atoms with E-state index in [9.17, 15) is 18.5 Å². The lowest BCUT2D eigenvalue weighted by molar-refractivity contribution is -0.115. The predicted molar refractivity (Wildman–Crippen MR) is 123 cm³/mol. The molecule has 3 aromatic rings. The number of nitrogens with two attached hydrogens (primary N) is 1. The smallest absolute Gasteiger partial charge is 0.258 e. The number of carbonyl (C=O) groups is 1. The average molecular weight is 482 g/mol. The number of aromatic nitrogens is 2. The third kappa shape index (κ3) is 4.93. The molecule has 4 rings (SSSR count). The summed E-state index contributed by atoms with van der Waals surface area (Å²) in [4.78, 5) is 15.6. The molecule has 3 N–H and O–H groups in total. The third-order valence-corrected chi connectivity index (χ3v) is 6.61. The van der Waals surface area contributed by atoms with Gasteiger partial charge in [-0.15, -0.1) is 0 Å². The fraction of sp³-hybridized carbons (Fsp3) is 0.304. The van der Waals surface area contributed by atoms with Crippen LogP contribution in [0.2, 0.25) is 0 Å². The van der Waals surface area contributed by atoms with E-state index in [4.69, 9.17) is 15.0 Å². The van der Waals surface area contributed by atoms with E-state index in [1.807, 2.05) is 26.0 Å². The van der Waals surface area contributed by atoms with Crippen molar-refractivity contribution in [1.82, 2.24) is 14.9 Å². The molecule has 1 heterocycles. The van der Waals surface area contributed by atoms with Gasteiger partial charge in [-0.2, -0.15) is 10.2 Å². The minimum Gasteiger partial charge on any atom is -0.490 e. The van der Waals surface area contributed by atoms with Crippen LogP contribution in [-0.2, 0) is 21.2 Å². The van der Waals surface area contributed by atoms with E-state index in [1.165, 1.54) is 0 Å². The number of nitriles is 1. The number of benzene rings is 2. The molecule has 0 bridgehead atoms. The first kappa shape index (κ1) is 23.4. The van der Waals surface area contributed by atoms with Crippen molar-refractivity contribution >= 4 is 15.9 Å². The van der Waals surface area contributed by atoms with E-state index in [2.05, 4.69) is 20.9 Å². The van der Waals surface area contributed by atoms with Gasteiger partial charge >= 0.3 is 0 Å². The zero-order valence-corrected chi connectivity index (χ0v) is 19.4. The van der Waals surface area contributed by atoms with Crippen LogP contribution in [0.3, 0.4) is 0 Å². The summed E-state index contributed by atoms with van der Waals surface area (Å²) in [5, 5.41) is 13.6. The highest BCUT2D eigenvalue weighted by molar-refractivity contribution is 7.90. The molecular formula is C23H23N5O5S. The summed E-state index contributed by atoms with van der Waals surface area (Å²) >= 11 is 0. The first-order valence-corrected chi connectivity index (χ1v) is 12.3. The molecule has 11 heteroatoms. The van der Waals surface area contributed by atoms with Gasteiger partial charge < -0.3 is 15.0 Å². The molecule has 0 spiro atoms. The zero-order valence-electron chi connectivity index (χ0n) is 18.6. The molecule has 0 radical (unpaired) electrons. The highest BCUT2D eigenvalue weighted by atomic mass is 32.2. The fourth-order valence-corrected chi connectivity index (χ4v) is 5.13. The van der Waals surface area contributed by atoms with Gasteiger partial charge in [0.25, 0.3) is 5.89 Å². The molecule has 1 aliphatic rings. The predicted octanol–water partition coefficient (Wildman–Crippen LogP) is 2.45. The Morgan fingerprint density at radius 2 is 2.15 bits per heavy atom. The van der Waals surface area contributed by atoms with Crippen LogP contribution in [0.25, 0.3) is 22.8 Å². The van der Waals surface area contributed by atoms with E-state index in [1.54, 1.807) is 24.3 Å². The van der Waals surface area contributed by atoms with Crippen molar-refractivity contribution in [3.63, 3.8) is 0 Å². The molecule has 1 amide bonds. The van der Waals surface area contributed by atoms with Crippen molar-refractivity contribution in [1.29, 1.82) is 5.26 Å². The van der Waals surface area contributed by atoms with E-state index < -0.39 is 27.7 Å². The second kappa shape index (κ2) is 9.24. The van der Waals surface area contributed by atoms with E-state index in [0.29, 0.717) is 35.5 Å². The lowest BCUT2D eigenvalue weighted by atomic mass is 10.0. The van der Waals surface area contributed by atoms with E-state index in [-0.39, 0.29) is 12.0 Å². The minimum absolute atomic E-state index is 0.0720. The second-order valence-corrected chi connectivity index (χ2v) is 9.97. The van der Waals surface area contributed by atoms with E-state index >= 15 is 0 Å². The number of ether oxygens (including phenoxy) is 1. The molecule has 1 aliphatic carbocycles. The summed E-state index contributed by atoms with van der Waals surface area (Å²) < 4.78 is 38.0. The van der Waals surface area contributed by atoms with Crippen LogP contribution < -0.4 is 15.2 Å². The van der Waals surface area contributed by atoms with Crippen molar-refractivity contribution < 1.29 is 22.5 Å². The Morgan fingerprint density at radius 3 is 2.85 bits per heavy atom. The number of amides is 1. The van der Waals surface area contributed by atoms with Crippen LogP contribution in [0, 0.1) is 11.3 Å². The monoisotopic (exact) mass is 481 g/mol. The van der Waals surface area contributed by atoms with Gasteiger partial charge in [-0.05, 0) is 56.0 Å². The van der Waals surface area contributed by atoms with E-state index in [0.717, 1.165) is 16.7 Å². The highest BCUT2D eigenvalue weighted by Crippen LogP contribution is 2.38. The van der Waals surface area contributed by atoms with Crippen LogP contribution in [0.1, 0.15) is 43.0 Å². The Kier molecular flexibility index (Phi) is 6.37. The molecule has 2 aromatic carbocycles. The molecule has 0 fully saturated rings. The molecule has 0 saturated carbocycles. The van der Waals surface area contributed by atoms with Crippen molar-refractivity contribution in [3.8, 4) is 34.7 Å². The number of hydrogen-bond acceptors (Lipinski definition) is 8. The number of nitrogens with zero attached hydrogens (tertiary/aromatic N) is 3. The number of primary amides is 1. The van der Waals surface area contributed by atoms with Crippen molar-refractivity contribution in [2.24, 2.45) is 5.73 Å². The number of rotatable bonds is 8. The lowest BCUT2D eigenvalue weighted by Crippen LogP contribution is -2.35. The maximum atomic E-state index is 12.2. The van der Waals surface area contributed by atoms with Crippen LogP contribution >= 0.6 is 0 Å². The van der Waals surface area contributed by atoms with Crippen molar-refractivity contribution in [3.05, 3.63) is 53.1 Å². The quantitative estimate of drug-likeness (QED) is 0.496. The topological polar surface area (TPSA) is 161 Å². The summed E-state index contributed by atoms with van der Waals surface area (Å²) in [7, 11) is -3.85. The normalized spacial score (nSPS) is 15.2. The lowest BCUT2D eigenvalue weighted by Gasteiger charge is -2.14. The maximum Gasteiger partial charge on any atom is 0.258 e. The van der Waals surface area contributed by atoms with Crippen molar-refractivity contribution in [2.75, 3.05) is 5.75 Å². The summed E-state index contributed by atoms with van der Waals surface area (Å²) in [6.07, 6.45) is 1.05. The van der Waals surface area contributed by atoms with Gasteiger partial charge in [0, 0.05) is 17.2 Å². The molecule has 0 aliphatic heterocycles. The number of carbonyl (C=O) groups excluding carboxylic acids is 1. The Hall–Kier alpha value is -3.75. The number of fused-ring (bicyclic) bond motifs is 1.